The summed E-state index contributed by atoms with van der Waals surface area (Å²) in [6.45, 7) is 2.22. The van der Waals surface area contributed by atoms with Crippen LogP contribution in [0.4, 0.5) is 10.2 Å². The van der Waals surface area contributed by atoms with Gasteiger partial charge in [-0.25, -0.2) is 19.0 Å². The summed E-state index contributed by atoms with van der Waals surface area (Å²) in [4.78, 5) is 12.2. The van der Waals surface area contributed by atoms with Crippen LogP contribution in [-0.4, -0.2) is 51.1 Å². The van der Waals surface area contributed by atoms with Crippen LogP contribution in [0.25, 0.3) is 22.4 Å². The molecule has 7 rings (SSSR count). The van der Waals surface area contributed by atoms with Crippen molar-refractivity contribution in [3.63, 3.8) is 0 Å². The van der Waals surface area contributed by atoms with E-state index in [-0.39, 0.29) is 30.0 Å². The fraction of sp³-hybridized carbons (Fsp3) is 0.433. The van der Waals surface area contributed by atoms with E-state index in [2.05, 4.69) is 4.90 Å². The minimum atomic E-state index is -0.289. The second-order valence-corrected chi connectivity index (χ2v) is 12.0. The van der Waals surface area contributed by atoms with Crippen molar-refractivity contribution in [2.24, 2.45) is 17.6 Å². The van der Waals surface area contributed by atoms with Gasteiger partial charge in [-0.3, -0.25) is 0 Å². The minimum absolute atomic E-state index is 0.247. The number of aliphatic hydroxyl groups excluding tert-OH is 1. The Hall–Kier alpha value is -2.82. The molecule has 2 aliphatic heterocycles. The third kappa shape index (κ3) is 4.32. The van der Waals surface area contributed by atoms with Crippen LogP contribution in [-0.2, 0) is 16.8 Å². The van der Waals surface area contributed by atoms with Crippen molar-refractivity contribution >= 4 is 40.2 Å². The molecule has 1 aliphatic carbocycles. The average Bonchev–Trinajstić information content (AvgIpc) is 3.52. The van der Waals surface area contributed by atoms with Gasteiger partial charge in [0.2, 0.25) is 0 Å². The molecule has 1 saturated carbocycles. The zero-order valence-electron chi connectivity index (χ0n) is 22.4. The lowest BCUT2D eigenvalue weighted by Gasteiger charge is -2.29. The maximum atomic E-state index is 14.2. The average molecular weight is 598 g/mol. The normalized spacial score (nSPS) is 25.9. The molecule has 4 heterocycles. The quantitative estimate of drug-likeness (QED) is 0.303. The standard InChI is InChI=1S/C30H31Cl2FN6O2/c31-22-8-4-7-19(25(22)32)26-27-29(39(37-26)24-9-1-2-12-41-24)36-28(23(15-40)35-27)38-11-10-20-21(14-38)30(20,16-34)17-5-3-6-18(33)13-17/h3-8,13,20-21,24,40H,1-2,9-12,14-16,34H2. The van der Waals surface area contributed by atoms with E-state index in [0.29, 0.717) is 69.6 Å². The highest BCUT2D eigenvalue weighted by molar-refractivity contribution is 6.43. The number of nitrogens with two attached hydrogens (primary N) is 1. The molecular formula is C30H31Cl2FN6O2. The van der Waals surface area contributed by atoms with E-state index in [0.717, 1.165) is 37.8 Å². The Labute approximate surface area is 247 Å². The molecule has 0 bridgehead atoms. The van der Waals surface area contributed by atoms with Gasteiger partial charge in [-0.2, -0.15) is 5.10 Å². The molecule has 2 saturated heterocycles. The Balaban J connectivity index is 1.31. The van der Waals surface area contributed by atoms with Crippen LogP contribution in [0, 0.1) is 17.7 Å². The van der Waals surface area contributed by atoms with E-state index in [1.54, 1.807) is 22.9 Å². The third-order valence-electron chi connectivity index (χ3n) is 9.19. The molecule has 4 atom stereocenters. The van der Waals surface area contributed by atoms with Crippen molar-refractivity contribution in [3.05, 3.63) is 69.6 Å². The van der Waals surface area contributed by atoms with Gasteiger partial charge in [-0.1, -0.05) is 47.5 Å². The molecule has 4 aromatic rings. The van der Waals surface area contributed by atoms with E-state index in [4.69, 9.17) is 48.7 Å². The van der Waals surface area contributed by atoms with E-state index in [1.807, 2.05) is 18.2 Å². The van der Waals surface area contributed by atoms with Crippen LogP contribution in [0.2, 0.25) is 10.0 Å². The zero-order valence-corrected chi connectivity index (χ0v) is 24.0. The van der Waals surface area contributed by atoms with Crippen LogP contribution in [0.1, 0.15) is 43.2 Å². The Morgan fingerprint density at radius 2 is 1.95 bits per heavy atom. The van der Waals surface area contributed by atoms with Crippen molar-refractivity contribution in [1.82, 2.24) is 19.7 Å². The fourth-order valence-electron chi connectivity index (χ4n) is 7.11. The maximum Gasteiger partial charge on any atom is 0.182 e. The van der Waals surface area contributed by atoms with Crippen molar-refractivity contribution < 1.29 is 14.2 Å². The van der Waals surface area contributed by atoms with Crippen molar-refractivity contribution in [1.29, 1.82) is 0 Å². The lowest BCUT2D eigenvalue weighted by molar-refractivity contribution is -0.0368. The number of nitrogens with zero attached hydrogens (tertiary/aromatic N) is 5. The molecule has 2 aromatic heterocycles. The Morgan fingerprint density at radius 1 is 1.10 bits per heavy atom. The first-order valence-corrected chi connectivity index (χ1v) is 14.9. The SMILES string of the molecule is NCC1(c2cccc(F)c2)C2CCN(c3nc4c(nc3CO)c(-c3cccc(Cl)c3Cl)nn4C3CCCCO3)CC21. The number of hydrogen-bond donors (Lipinski definition) is 2. The van der Waals surface area contributed by atoms with Gasteiger partial charge in [0.05, 0.1) is 16.7 Å². The molecule has 4 unspecified atom stereocenters. The molecule has 11 heteroatoms. The number of fused-ring (bicyclic) bond motifs is 2. The van der Waals surface area contributed by atoms with Crippen LogP contribution >= 0.6 is 23.2 Å². The van der Waals surface area contributed by atoms with E-state index in [1.165, 1.54) is 6.07 Å². The summed E-state index contributed by atoms with van der Waals surface area (Å²) < 4.78 is 22.1. The largest absolute Gasteiger partial charge is 0.390 e. The summed E-state index contributed by atoms with van der Waals surface area (Å²) >= 11 is 13.0. The van der Waals surface area contributed by atoms with Gasteiger partial charge in [-0.05, 0) is 61.3 Å². The topological polar surface area (TPSA) is 102 Å². The molecule has 0 amide bonds. The monoisotopic (exact) mass is 596 g/mol. The van der Waals surface area contributed by atoms with Crippen molar-refractivity contribution in [3.8, 4) is 11.3 Å². The van der Waals surface area contributed by atoms with Gasteiger partial charge in [0.25, 0.3) is 0 Å². The van der Waals surface area contributed by atoms with Gasteiger partial charge in [0, 0.05) is 37.2 Å². The first-order valence-electron chi connectivity index (χ1n) is 14.1. The third-order valence-corrected chi connectivity index (χ3v) is 10.0. The highest BCUT2D eigenvalue weighted by Gasteiger charge is 2.65. The Morgan fingerprint density at radius 3 is 2.71 bits per heavy atom. The summed E-state index contributed by atoms with van der Waals surface area (Å²) in [6.07, 6.45) is 3.42. The molecular weight excluding hydrogens is 566 g/mol. The number of anilines is 1. The smallest absolute Gasteiger partial charge is 0.182 e. The van der Waals surface area contributed by atoms with Gasteiger partial charge >= 0.3 is 0 Å². The Bertz CT molecular complexity index is 1630. The second-order valence-electron chi connectivity index (χ2n) is 11.2. The maximum absolute atomic E-state index is 14.2. The molecule has 214 valence electrons. The predicted molar refractivity (Wildman–Crippen MR) is 156 cm³/mol. The van der Waals surface area contributed by atoms with Crippen LogP contribution in [0.3, 0.4) is 0 Å². The van der Waals surface area contributed by atoms with Gasteiger partial charge in [0.1, 0.15) is 22.7 Å². The summed E-state index contributed by atoms with van der Waals surface area (Å²) in [5.74, 6) is 0.997. The molecule has 8 nitrogen and oxygen atoms in total. The van der Waals surface area contributed by atoms with Gasteiger partial charge in [-0.15, -0.1) is 0 Å². The lowest BCUT2D eigenvalue weighted by Crippen LogP contribution is -2.34. The number of rotatable bonds is 6. The van der Waals surface area contributed by atoms with E-state index < -0.39 is 0 Å². The van der Waals surface area contributed by atoms with Crippen LogP contribution in [0.5, 0.6) is 0 Å². The molecule has 0 radical (unpaired) electrons. The van der Waals surface area contributed by atoms with Crippen molar-refractivity contribution in [2.75, 3.05) is 31.1 Å². The highest BCUT2D eigenvalue weighted by atomic mass is 35.5. The molecule has 0 spiro atoms. The number of hydrogen-bond acceptors (Lipinski definition) is 7. The molecule has 3 fully saturated rings. The summed E-state index contributed by atoms with van der Waals surface area (Å²) in [5, 5.41) is 16.2. The molecule has 3 N–H and O–H groups in total. The number of piperidine rings is 1. The number of aromatic nitrogens is 4. The second kappa shape index (κ2) is 10.5. The zero-order chi connectivity index (χ0) is 28.3. The predicted octanol–water partition coefficient (Wildman–Crippen LogP) is 5.48. The van der Waals surface area contributed by atoms with E-state index >= 15 is 0 Å². The molecule has 3 aliphatic rings. The summed E-state index contributed by atoms with van der Waals surface area (Å²) in [6, 6.07) is 12.2. The Kier molecular flexibility index (Phi) is 6.90. The fourth-order valence-corrected chi connectivity index (χ4v) is 7.50. The number of aliphatic hydroxyl groups is 1. The summed E-state index contributed by atoms with van der Waals surface area (Å²) in [5.41, 5.74) is 9.81. The number of benzene rings is 2. The molecule has 2 aromatic carbocycles. The number of halogens is 3. The van der Waals surface area contributed by atoms with Crippen LogP contribution < -0.4 is 10.6 Å². The van der Waals surface area contributed by atoms with Gasteiger partial charge in [0.15, 0.2) is 17.7 Å². The summed E-state index contributed by atoms with van der Waals surface area (Å²) in [7, 11) is 0. The van der Waals surface area contributed by atoms with E-state index in [9.17, 15) is 9.50 Å². The minimum Gasteiger partial charge on any atom is -0.390 e. The van der Waals surface area contributed by atoms with Gasteiger partial charge < -0.3 is 20.5 Å². The lowest BCUT2D eigenvalue weighted by atomic mass is 9.91. The molecule has 41 heavy (non-hydrogen) atoms. The number of ether oxygens (including phenoxy) is 1. The van der Waals surface area contributed by atoms with Crippen molar-refractivity contribution in [2.45, 2.75) is 43.9 Å². The first kappa shape index (κ1) is 27.0. The first-order chi connectivity index (χ1) is 20.0. The van der Waals surface area contributed by atoms with Crippen LogP contribution in [0.15, 0.2) is 42.5 Å². The highest BCUT2D eigenvalue weighted by Crippen LogP contribution is 2.63.